The molecule has 0 radical (unpaired) electrons. The van der Waals surface area contributed by atoms with Crippen LogP contribution in [0.3, 0.4) is 0 Å². The van der Waals surface area contributed by atoms with Gasteiger partial charge in [-0.1, -0.05) is 0 Å². The first kappa shape index (κ1) is 12.8. The summed E-state index contributed by atoms with van der Waals surface area (Å²) in [5.74, 6) is -2.10. The van der Waals surface area contributed by atoms with Gasteiger partial charge in [-0.25, -0.2) is 13.8 Å². The van der Waals surface area contributed by atoms with Gasteiger partial charge in [-0.2, -0.15) is 0 Å². The lowest BCUT2D eigenvalue weighted by atomic mass is 10.1. The van der Waals surface area contributed by atoms with Gasteiger partial charge in [0.25, 0.3) is 0 Å². The molecule has 3 nitrogen and oxygen atoms in total. The van der Waals surface area contributed by atoms with Gasteiger partial charge in [-0.15, -0.1) is 11.3 Å². The van der Waals surface area contributed by atoms with Crippen LogP contribution in [0.4, 0.5) is 8.78 Å². The van der Waals surface area contributed by atoms with Crippen molar-refractivity contribution in [2.45, 2.75) is 13.0 Å². The molecule has 0 fully saturated rings. The first-order valence-electron chi connectivity index (χ1n) is 5.19. The minimum absolute atomic E-state index is 0.0611. The molecule has 1 aromatic heterocycles. The van der Waals surface area contributed by atoms with Gasteiger partial charge >= 0.3 is 0 Å². The molecule has 0 aliphatic heterocycles. The van der Waals surface area contributed by atoms with Crippen molar-refractivity contribution >= 4 is 17.1 Å². The Kier molecular flexibility index (Phi) is 3.49. The monoisotopic (exact) mass is 268 g/mol. The van der Waals surface area contributed by atoms with Gasteiger partial charge < -0.3 is 5.73 Å². The maximum atomic E-state index is 13.0. The molecule has 0 saturated heterocycles. The van der Waals surface area contributed by atoms with Crippen molar-refractivity contribution in [2.24, 2.45) is 5.73 Å². The Bertz CT molecular complexity index is 575. The summed E-state index contributed by atoms with van der Waals surface area (Å²) in [6, 6.07) is 2.40. The van der Waals surface area contributed by atoms with Crippen molar-refractivity contribution in [3.05, 3.63) is 51.5 Å². The molecule has 0 aliphatic carbocycles. The molecule has 1 heterocycles. The van der Waals surface area contributed by atoms with Crippen LogP contribution in [-0.2, 0) is 0 Å². The van der Waals surface area contributed by atoms with E-state index in [1.54, 1.807) is 6.92 Å². The van der Waals surface area contributed by atoms with Gasteiger partial charge in [0.2, 0.25) is 5.78 Å². The summed E-state index contributed by atoms with van der Waals surface area (Å²) in [7, 11) is 0. The number of aromatic nitrogens is 1. The number of ketones is 1. The second-order valence-corrected chi connectivity index (χ2v) is 4.74. The minimum Gasteiger partial charge on any atom is -0.322 e. The molecule has 94 valence electrons. The highest BCUT2D eigenvalue weighted by atomic mass is 32.1. The van der Waals surface area contributed by atoms with Gasteiger partial charge in [0.1, 0.15) is 22.3 Å². The van der Waals surface area contributed by atoms with E-state index in [-0.39, 0.29) is 17.3 Å². The van der Waals surface area contributed by atoms with Crippen LogP contribution in [0.1, 0.15) is 34.0 Å². The molecule has 2 rings (SSSR count). The van der Waals surface area contributed by atoms with E-state index in [9.17, 15) is 13.6 Å². The summed E-state index contributed by atoms with van der Waals surface area (Å²) < 4.78 is 26.0. The third-order valence-corrected chi connectivity index (χ3v) is 3.31. The summed E-state index contributed by atoms with van der Waals surface area (Å²) in [5, 5.41) is 2.14. The van der Waals surface area contributed by atoms with Gasteiger partial charge in [0.05, 0.1) is 6.04 Å². The zero-order valence-corrected chi connectivity index (χ0v) is 10.3. The summed E-state index contributed by atoms with van der Waals surface area (Å²) >= 11 is 1.24. The molecule has 2 N–H and O–H groups in total. The molecule has 1 unspecified atom stereocenters. The average molecular weight is 268 g/mol. The standard InChI is InChI=1S/C12H10F2N2OS/c1-6(15)12-16-10(5-18-12)11(17)7-2-8(13)4-9(14)3-7/h2-6H,15H2,1H3. The van der Waals surface area contributed by atoms with Gasteiger partial charge in [0.15, 0.2) is 0 Å². The van der Waals surface area contributed by atoms with Crippen molar-refractivity contribution in [3.63, 3.8) is 0 Å². The molecule has 1 atom stereocenters. The van der Waals surface area contributed by atoms with Crippen LogP contribution >= 0.6 is 11.3 Å². The van der Waals surface area contributed by atoms with Crippen LogP contribution in [-0.4, -0.2) is 10.8 Å². The lowest BCUT2D eigenvalue weighted by molar-refractivity contribution is 0.103. The largest absolute Gasteiger partial charge is 0.322 e. The first-order valence-corrected chi connectivity index (χ1v) is 6.07. The summed E-state index contributed by atoms with van der Waals surface area (Å²) in [5.41, 5.74) is 5.72. The van der Waals surface area contributed by atoms with Crippen LogP contribution in [0.5, 0.6) is 0 Å². The minimum atomic E-state index is -0.791. The number of benzene rings is 1. The number of carbonyl (C=O) groups excluding carboxylic acids is 1. The highest BCUT2D eigenvalue weighted by molar-refractivity contribution is 7.09. The lowest BCUT2D eigenvalue weighted by Gasteiger charge is -1.99. The number of rotatable bonds is 3. The van der Waals surface area contributed by atoms with Crippen molar-refractivity contribution in [1.82, 2.24) is 4.98 Å². The molecule has 0 amide bonds. The van der Waals surface area contributed by atoms with E-state index in [0.717, 1.165) is 12.1 Å². The number of nitrogens with zero attached hydrogens (tertiary/aromatic N) is 1. The predicted octanol–water partition coefficient (Wildman–Crippen LogP) is 2.67. The first-order chi connectivity index (χ1) is 8.47. The third kappa shape index (κ3) is 2.60. The van der Waals surface area contributed by atoms with Crippen molar-refractivity contribution in [3.8, 4) is 0 Å². The molecule has 0 spiro atoms. The highest BCUT2D eigenvalue weighted by Crippen LogP contribution is 2.19. The Morgan fingerprint density at radius 2 is 1.94 bits per heavy atom. The molecule has 18 heavy (non-hydrogen) atoms. The van der Waals surface area contributed by atoms with Crippen molar-refractivity contribution in [2.75, 3.05) is 0 Å². The highest BCUT2D eigenvalue weighted by Gasteiger charge is 2.16. The van der Waals surface area contributed by atoms with E-state index >= 15 is 0 Å². The zero-order valence-electron chi connectivity index (χ0n) is 9.48. The topological polar surface area (TPSA) is 56.0 Å². The van der Waals surface area contributed by atoms with Crippen LogP contribution in [0.25, 0.3) is 0 Å². The summed E-state index contributed by atoms with van der Waals surface area (Å²) in [6.07, 6.45) is 0. The van der Waals surface area contributed by atoms with Crippen LogP contribution < -0.4 is 5.73 Å². The van der Waals surface area contributed by atoms with E-state index in [2.05, 4.69) is 4.98 Å². The van der Waals surface area contributed by atoms with Crippen molar-refractivity contribution < 1.29 is 13.6 Å². The van der Waals surface area contributed by atoms with E-state index in [1.165, 1.54) is 16.7 Å². The number of hydrogen-bond acceptors (Lipinski definition) is 4. The van der Waals surface area contributed by atoms with E-state index in [1.807, 2.05) is 0 Å². The Labute approximate surface area is 106 Å². The van der Waals surface area contributed by atoms with E-state index in [0.29, 0.717) is 11.1 Å². The SMILES string of the molecule is CC(N)c1nc(C(=O)c2cc(F)cc(F)c2)cs1. The predicted molar refractivity (Wildman–Crippen MR) is 64.5 cm³/mol. The van der Waals surface area contributed by atoms with E-state index < -0.39 is 17.4 Å². The molecule has 6 heteroatoms. The van der Waals surface area contributed by atoms with Gasteiger partial charge in [-0.05, 0) is 19.1 Å². The lowest BCUT2D eigenvalue weighted by Crippen LogP contribution is -2.07. The summed E-state index contributed by atoms with van der Waals surface area (Å²) in [6.45, 7) is 1.74. The Balaban J connectivity index is 2.35. The molecule has 0 aliphatic rings. The maximum Gasteiger partial charge on any atom is 0.212 e. The summed E-state index contributed by atoms with van der Waals surface area (Å²) in [4.78, 5) is 16.0. The fourth-order valence-corrected chi connectivity index (χ4v) is 2.19. The van der Waals surface area contributed by atoms with Crippen LogP contribution in [0.2, 0.25) is 0 Å². The number of thiazole rings is 1. The van der Waals surface area contributed by atoms with E-state index in [4.69, 9.17) is 5.73 Å². The molecule has 0 saturated carbocycles. The van der Waals surface area contributed by atoms with Crippen LogP contribution in [0.15, 0.2) is 23.6 Å². The maximum absolute atomic E-state index is 13.0. The molecule has 0 bridgehead atoms. The second-order valence-electron chi connectivity index (χ2n) is 3.85. The molecule has 1 aromatic carbocycles. The number of carbonyl (C=O) groups is 1. The molecular formula is C12H10F2N2OS. The average Bonchev–Trinajstić information content (AvgIpc) is 2.75. The van der Waals surface area contributed by atoms with Gasteiger partial charge in [0, 0.05) is 17.0 Å². The fraction of sp³-hybridized carbons (Fsp3) is 0.167. The number of halogens is 2. The Morgan fingerprint density at radius 3 is 2.44 bits per heavy atom. The van der Waals surface area contributed by atoms with Crippen molar-refractivity contribution in [1.29, 1.82) is 0 Å². The normalized spacial score (nSPS) is 12.4. The Hall–Kier alpha value is -1.66. The quantitative estimate of drug-likeness (QED) is 0.871. The Morgan fingerprint density at radius 1 is 1.33 bits per heavy atom. The second kappa shape index (κ2) is 4.91. The number of nitrogens with two attached hydrogens (primary N) is 1. The smallest absolute Gasteiger partial charge is 0.212 e. The molecular weight excluding hydrogens is 258 g/mol. The van der Waals surface area contributed by atoms with Gasteiger partial charge in [-0.3, -0.25) is 4.79 Å². The fourth-order valence-electron chi connectivity index (χ4n) is 1.43. The number of hydrogen-bond donors (Lipinski definition) is 1. The zero-order chi connectivity index (χ0) is 13.3. The third-order valence-electron chi connectivity index (χ3n) is 2.27. The van der Waals surface area contributed by atoms with Crippen LogP contribution in [0, 0.1) is 11.6 Å². The molecule has 2 aromatic rings.